The highest BCUT2D eigenvalue weighted by atomic mass is 16.5. The number of hydrogen-bond donors (Lipinski definition) is 1. The molecule has 78 valence electrons. The molecule has 0 radical (unpaired) electrons. The maximum Gasteiger partial charge on any atom is 0.213 e. The molecule has 2 rings (SSSR count). The normalized spacial score (nSPS) is 18.4. The number of methoxy groups -OCH3 is 1. The van der Waals surface area contributed by atoms with Crippen LogP contribution in [0.25, 0.3) is 0 Å². The predicted molar refractivity (Wildman–Crippen MR) is 49.5 cm³/mol. The Hall–Kier alpha value is -0.940. The van der Waals surface area contributed by atoms with Crippen molar-refractivity contribution >= 4 is 0 Å². The average molecular weight is 197 g/mol. The van der Waals surface area contributed by atoms with Crippen LogP contribution < -0.4 is 5.32 Å². The number of aromatic nitrogens is 2. The van der Waals surface area contributed by atoms with Crippen LogP contribution >= 0.6 is 0 Å². The van der Waals surface area contributed by atoms with Crippen molar-refractivity contribution in [1.29, 1.82) is 0 Å². The molecule has 1 unspecified atom stereocenters. The summed E-state index contributed by atoms with van der Waals surface area (Å²) in [6.45, 7) is 1.41. The van der Waals surface area contributed by atoms with E-state index in [2.05, 4.69) is 20.0 Å². The highest BCUT2D eigenvalue weighted by Crippen LogP contribution is 2.32. The molecule has 0 saturated heterocycles. The molecule has 1 aliphatic rings. The molecule has 1 N–H and O–H groups in total. The molecule has 0 bridgehead atoms. The van der Waals surface area contributed by atoms with Crippen LogP contribution in [0.3, 0.4) is 0 Å². The highest BCUT2D eigenvalue weighted by Gasteiger charge is 2.30. The maximum atomic E-state index is 5.15. The predicted octanol–water partition coefficient (Wildman–Crippen LogP) is 0.584. The van der Waals surface area contributed by atoms with Gasteiger partial charge >= 0.3 is 0 Å². The molecule has 0 amide bonds. The summed E-state index contributed by atoms with van der Waals surface area (Å²) in [5.41, 5.74) is 0. The van der Waals surface area contributed by atoms with Crippen LogP contribution in [0.15, 0.2) is 10.9 Å². The van der Waals surface area contributed by atoms with Crippen LogP contribution in [0.5, 0.6) is 0 Å². The third kappa shape index (κ3) is 2.52. The van der Waals surface area contributed by atoms with Crippen LogP contribution in [0, 0.1) is 5.92 Å². The number of hydrogen-bond acceptors (Lipinski definition) is 5. The standard InChI is InChI=1S/C9H15N3O2/c1-13-5-8(7-2-3-7)10-4-9-11-6-14-12-9/h6-8,10H,2-5H2,1H3. The van der Waals surface area contributed by atoms with Gasteiger partial charge in [-0.1, -0.05) is 5.16 Å². The Morgan fingerprint density at radius 1 is 1.71 bits per heavy atom. The van der Waals surface area contributed by atoms with E-state index in [0.29, 0.717) is 18.4 Å². The Kier molecular flexibility index (Phi) is 3.10. The Morgan fingerprint density at radius 2 is 2.57 bits per heavy atom. The van der Waals surface area contributed by atoms with E-state index in [-0.39, 0.29) is 0 Å². The van der Waals surface area contributed by atoms with E-state index >= 15 is 0 Å². The Balaban J connectivity index is 1.76. The second-order valence-corrected chi connectivity index (χ2v) is 3.63. The van der Waals surface area contributed by atoms with Gasteiger partial charge < -0.3 is 14.6 Å². The van der Waals surface area contributed by atoms with Gasteiger partial charge in [-0.25, -0.2) is 0 Å². The molecule has 1 aromatic rings. The first-order valence-electron chi connectivity index (χ1n) is 4.87. The van der Waals surface area contributed by atoms with Gasteiger partial charge in [0.1, 0.15) is 0 Å². The van der Waals surface area contributed by atoms with Crippen molar-refractivity contribution in [2.24, 2.45) is 5.92 Å². The summed E-state index contributed by atoms with van der Waals surface area (Å²) >= 11 is 0. The summed E-state index contributed by atoms with van der Waals surface area (Å²) in [5, 5.41) is 7.11. The summed E-state index contributed by atoms with van der Waals surface area (Å²) in [5.74, 6) is 1.47. The van der Waals surface area contributed by atoms with Gasteiger partial charge in [0.15, 0.2) is 5.82 Å². The lowest BCUT2D eigenvalue weighted by Gasteiger charge is -2.15. The zero-order valence-corrected chi connectivity index (χ0v) is 8.27. The smallest absolute Gasteiger partial charge is 0.213 e. The molecule has 1 saturated carbocycles. The zero-order valence-electron chi connectivity index (χ0n) is 8.27. The molecule has 0 spiro atoms. The zero-order chi connectivity index (χ0) is 9.80. The molecule has 0 aliphatic heterocycles. The molecule has 1 fully saturated rings. The van der Waals surface area contributed by atoms with Gasteiger partial charge in [-0.15, -0.1) is 0 Å². The monoisotopic (exact) mass is 197 g/mol. The Morgan fingerprint density at radius 3 is 3.14 bits per heavy atom. The number of rotatable bonds is 6. The van der Waals surface area contributed by atoms with Crippen molar-refractivity contribution in [3.63, 3.8) is 0 Å². The minimum atomic E-state index is 0.429. The van der Waals surface area contributed by atoms with E-state index in [4.69, 9.17) is 4.74 Å². The fourth-order valence-electron chi connectivity index (χ4n) is 1.53. The molecule has 5 nitrogen and oxygen atoms in total. The van der Waals surface area contributed by atoms with E-state index in [0.717, 1.165) is 12.5 Å². The molecule has 5 heteroatoms. The van der Waals surface area contributed by atoms with Gasteiger partial charge in [0.2, 0.25) is 6.39 Å². The van der Waals surface area contributed by atoms with Gasteiger partial charge in [0.05, 0.1) is 13.2 Å². The van der Waals surface area contributed by atoms with Gasteiger partial charge in [0, 0.05) is 13.2 Å². The molecular weight excluding hydrogens is 182 g/mol. The fourth-order valence-corrected chi connectivity index (χ4v) is 1.53. The SMILES string of the molecule is COCC(NCc1ncon1)C1CC1. The van der Waals surface area contributed by atoms with E-state index in [1.54, 1.807) is 7.11 Å². The van der Waals surface area contributed by atoms with Gasteiger partial charge in [-0.2, -0.15) is 4.98 Å². The summed E-state index contributed by atoms with van der Waals surface area (Å²) in [6.07, 6.45) is 3.94. The number of nitrogens with zero attached hydrogens (tertiary/aromatic N) is 2. The summed E-state index contributed by atoms with van der Waals surface area (Å²) in [7, 11) is 1.73. The molecule has 1 atom stereocenters. The fraction of sp³-hybridized carbons (Fsp3) is 0.778. The Bertz CT molecular complexity index is 259. The van der Waals surface area contributed by atoms with E-state index < -0.39 is 0 Å². The highest BCUT2D eigenvalue weighted by molar-refractivity contribution is 4.88. The van der Waals surface area contributed by atoms with Crippen LogP contribution in [0.2, 0.25) is 0 Å². The maximum absolute atomic E-state index is 5.15. The third-order valence-electron chi connectivity index (χ3n) is 2.47. The number of nitrogens with one attached hydrogen (secondary N) is 1. The quantitative estimate of drug-likeness (QED) is 0.723. The van der Waals surface area contributed by atoms with E-state index in [9.17, 15) is 0 Å². The third-order valence-corrected chi connectivity index (χ3v) is 2.47. The van der Waals surface area contributed by atoms with Crippen LogP contribution in [-0.2, 0) is 11.3 Å². The topological polar surface area (TPSA) is 60.2 Å². The molecule has 14 heavy (non-hydrogen) atoms. The largest absolute Gasteiger partial charge is 0.383 e. The van der Waals surface area contributed by atoms with Gasteiger partial charge in [0.25, 0.3) is 0 Å². The molecular formula is C9H15N3O2. The summed E-state index contributed by atoms with van der Waals surface area (Å²) in [6, 6.07) is 0.429. The minimum Gasteiger partial charge on any atom is -0.383 e. The minimum absolute atomic E-state index is 0.429. The molecule has 0 aromatic carbocycles. The summed E-state index contributed by atoms with van der Waals surface area (Å²) < 4.78 is 9.80. The molecule has 1 aromatic heterocycles. The van der Waals surface area contributed by atoms with Crippen molar-refractivity contribution in [3.8, 4) is 0 Å². The molecule has 1 heterocycles. The van der Waals surface area contributed by atoms with Crippen molar-refractivity contribution in [1.82, 2.24) is 15.5 Å². The van der Waals surface area contributed by atoms with E-state index in [1.165, 1.54) is 19.2 Å². The van der Waals surface area contributed by atoms with Crippen molar-refractivity contribution < 1.29 is 9.26 Å². The van der Waals surface area contributed by atoms with Crippen LogP contribution in [-0.4, -0.2) is 29.9 Å². The van der Waals surface area contributed by atoms with Crippen LogP contribution in [0.4, 0.5) is 0 Å². The van der Waals surface area contributed by atoms with Gasteiger partial charge in [-0.05, 0) is 18.8 Å². The van der Waals surface area contributed by atoms with Crippen molar-refractivity contribution in [3.05, 3.63) is 12.2 Å². The van der Waals surface area contributed by atoms with Gasteiger partial charge in [-0.3, -0.25) is 0 Å². The number of ether oxygens (including phenoxy) is 1. The van der Waals surface area contributed by atoms with Crippen molar-refractivity contribution in [2.75, 3.05) is 13.7 Å². The summed E-state index contributed by atoms with van der Waals surface area (Å²) in [4.78, 5) is 3.95. The lowest BCUT2D eigenvalue weighted by Crippen LogP contribution is -2.34. The first-order valence-corrected chi connectivity index (χ1v) is 4.87. The second-order valence-electron chi connectivity index (χ2n) is 3.63. The van der Waals surface area contributed by atoms with Crippen molar-refractivity contribution in [2.45, 2.75) is 25.4 Å². The lowest BCUT2D eigenvalue weighted by atomic mass is 10.2. The first kappa shape index (κ1) is 9.61. The average Bonchev–Trinajstić information content (AvgIpc) is 2.90. The molecule has 1 aliphatic carbocycles. The van der Waals surface area contributed by atoms with E-state index in [1.807, 2.05) is 0 Å². The first-order chi connectivity index (χ1) is 6.90. The second kappa shape index (κ2) is 4.52. The Labute approximate surface area is 82.8 Å². The van der Waals surface area contributed by atoms with Crippen LogP contribution in [0.1, 0.15) is 18.7 Å². The lowest BCUT2D eigenvalue weighted by molar-refractivity contribution is 0.156.